The molecule has 2 heterocycles. The van der Waals surface area contributed by atoms with Crippen LogP contribution in [0.15, 0.2) is 0 Å². The van der Waals surface area contributed by atoms with Gasteiger partial charge in [-0.05, 0) is 6.92 Å². The molecule has 0 amide bonds. The molecule has 15 heavy (non-hydrogen) atoms. The summed E-state index contributed by atoms with van der Waals surface area (Å²) in [5.74, 6) is 0. The third-order valence-electron chi connectivity index (χ3n) is 3.00. The zero-order chi connectivity index (χ0) is 10.7. The molecular formula is C10H19N2O3. The van der Waals surface area contributed by atoms with Crippen molar-refractivity contribution in [3.8, 4) is 0 Å². The van der Waals surface area contributed by atoms with E-state index >= 15 is 0 Å². The normalized spacial score (nSPS) is 33.6. The Kier molecular flexibility index (Phi) is 3.58. The van der Waals surface area contributed by atoms with Crippen molar-refractivity contribution in [1.82, 2.24) is 10.2 Å². The standard InChI is InChI=1S/C10H19N2O3/c1-10(13,9-8-11-2-5-15-9)12-3-6-14-7-4-12/h9,11,13H,1-8H2. The van der Waals surface area contributed by atoms with E-state index in [0.717, 1.165) is 6.54 Å². The number of hydrogen-bond donors (Lipinski definition) is 2. The summed E-state index contributed by atoms with van der Waals surface area (Å²) in [6.45, 7) is 8.72. The van der Waals surface area contributed by atoms with E-state index in [-0.39, 0.29) is 6.10 Å². The van der Waals surface area contributed by atoms with Crippen molar-refractivity contribution in [2.24, 2.45) is 0 Å². The summed E-state index contributed by atoms with van der Waals surface area (Å²) in [7, 11) is 0. The number of nitrogens with one attached hydrogen (secondary N) is 1. The maximum Gasteiger partial charge on any atom is 0.146 e. The molecule has 2 rings (SSSR count). The van der Waals surface area contributed by atoms with Gasteiger partial charge in [0.05, 0.1) is 19.8 Å². The molecule has 0 aromatic rings. The van der Waals surface area contributed by atoms with E-state index < -0.39 is 5.72 Å². The molecule has 87 valence electrons. The summed E-state index contributed by atoms with van der Waals surface area (Å²) in [6.07, 6.45) is -0.260. The molecular weight excluding hydrogens is 196 g/mol. The zero-order valence-electron chi connectivity index (χ0n) is 8.95. The SMILES string of the molecule is [CH2]C(O)(C1CNCCO1)N1CCOCC1. The van der Waals surface area contributed by atoms with Gasteiger partial charge >= 0.3 is 0 Å². The molecule has 0 saturated carbocycles. The van der Waals surface area contributed by atoms with Gasteiger partial charge in [-0.3, -0.25) is 4.90 Å². The van der Waals surface area contributed by atoms with Gasteiger partial charge in [0.15, 0.2) is 0 Å². The second-order valence-electron chi connectivity index (χ2n) is 4.04. The summed E-state index contributed by atoms with van der Waals surface area (Å²) in [4.78, 5) is 1.92. The van der Waals surface area contributed by atoms with Gasteiger partial charge in [0, 0.05) is 26.2 Å². The minimum absolute atomic E-state index is 0.260. The third kappa shape index (κ3) is 2.49. The lowest BCUT2D eigenvalue weighted by molar-refractivity contribution is -0.190. The van der Waals surface area contributed by atoms with Gasteiger partial charge in [0.2, 0.25) is 0 Å². The van der Waals surface area contributed by atoms with Crippen LogP contribution in [0.3, 0.4) is 0 Å². The highest BCUT2D eigenvalue weighted by atomic mass is 16.5. The first-order chi connectivity index (χ1) is 7.21. The average molecular weight is 215 g/mol. The molecule has 0 aliphatic carbocycles. The number of morpholine rings is 2. The average Bonchev–Trinajstić information content (AvgIpc) is 2.31. The molecule has 0 aromatic carbocycles. The van der Waals surface area contributed by atoms with Crippen LogP contribution in [0.25, 0.3) is 0 Å². The molecule has 2 unspecified atom stereocenters. The lowest BCUT2D eigenvalue weighted by Crippen LogP contribution is -2.63. The molecule has 2 N–H and O–H groups in total. The minimum atomic E-state index is -1.14. The lowest BCUT2D eigenvalue weighted by Gasteiger charge is -2.44. The Labute approximate surface area is 90.3 Å². The van der Waals surface area contributed by atoms with Crippen LogP contribution >= 0.6 is 0 Å². The Hall–Kier alpha value is -0.200. The number of ether oxygens (including phenoxy) is 2. The molecule has 2 aliphatic rings. The summed E-state index contributed by atoms with van der Waals surface area (Å²) >= 11 is 0. The van der Waals surface area contributed by atoms with Crippen molar-refractivity contribution in [3.63, 3.8) is 0 Å². The Balaban J connectivity index is 1.96. The van der Waals surface area contributed by atoms with Gasteiger partial charge in [-0.2, -0.15) is 0 Å². The minimum Gasteiger partial charge on any atom is -0.379 e. The molecule has 2 saturated heterocycles. The molecule has 5 nitrogen and oxygen atoms in total. The molecule has 0 aromatic heterocycles. The fourth-order valence-electron chi connectivity index (χ4n) is 2.02. The molecule has 2 fully saturated rings. The summed E-state index contributed by atoms with van der Waals surface area (Å²) in [6, 6.07) is 0. The first-order valence-electron chi connectivity index (χ1n) is 5.44. The molecule has 2 atom stereocenters. The van der Waals surface area contributed by atoms with Gasteiger partial charge in [0.1, 0.15) is 11.8 Å². The van der Waals surface area contributed by atoms with Gasteiger partial charge in [-0.25, -0.2) is 0 Å². The molecule has 0 spiro atoms. The van der Waals surface area contributed by atoms with E-state index in [2.05, 4.69) is 12.2 Å². The predicted molar refractivity (Wildman–Crippen MR) is 55.3 cm³/mol. The van der Waals surface area contributed by atoms with Crippen molar-refractivity contribution in [3.05, 3.63) is 6.92 Å². The molecule has 2 aliphatic heterocycles. The van der Waals surface area contributed by atoms with Crippen LogP contribution < -0.4 is 5.32 Å². The summed E-state index contributed by atoms with van der Waals surface area (Å²) in [5, 5.41) is 13.6. The first-order valence-corrected chi connectivity index (χ1v) is 5.44. The van der Waals surface area contributed by atoms with Crippen LogP contribution in [0.1, 0.15) is 0 Å². The fraction of sp³-hybridized carbons (Fsp3) is 0.900. The van der Waals surface area contributed by atoms with E-state index in [1.165, 1.54) is 0 Å². The van der Waals surface area contributed by atoms with Gasteiger partial charge in [-0.15, -0.1) is 0 Å². The van der Waals surface area contributed by atoms with E-state index in [1.54, 1.807) is 0 Å². The molecule has 0 bridgehead atoms. The van der Waals surface area contributed by atoms with Crippen LogP contribution in [-0.2, 0) is 9.47 Å². The van der Waals surface area contributed by atoms with Crippen LogP contribution in [0, 0.1) is 6.92 Å². The second-order valence-corrected chi connectivity index (χ2v) is 4.04. The smallest absolute Gasteiger partial charge is 0.146 e. The Morgan fingerprint density at radius 3 is 2.67 bits per heavy atom. The van der Waals surface area contributed by atoms with Crippen LogP contribution in [-0.4, -0.2) is 67.8 Å². The quantitative estimate of drug-likeness (QED) is 0.608. The highest BCUT2D eigenvalue weighted by Gasteiger charge is 2.40. The number of nitrogens with zero attached hydrogens (tertiary/aromatic N) is 1. The van der Waals surface area contributed by atoms with Gasteiger partial charge in [0.25, 0.3) is 0 Å². The maximum atomic E-state index is 10.4. The Bertz CT molecular complexity index is 179. The lowest BCUT2D eigenvalue weighted by atomic mass is 10.1. The van der Waals surface area contributed by atoms with Crippen molar-refractivity contribution in [2.45, 2.75) is 11.8 Å². The van der Waals surface area contributed by atoms with E-state index in [9.17, 15) is 5.11 Å². The van der Waals surface area contributed by atoms with E-state index in [4.69, 9.17) is 9.47 Å². The highest BCUT2D eigenvalue weighted by Crippen LogP contribution is 2.20. The Morgan fingerprint density at radius 2 is 2.07 bits per heavy atom. The van der Waals surface area contributed by atoms with Crippen molar-refractivity contribution in [1.29, 1.82) is 0 Å². The van der Waals surface area contributed by atoms with Crippen molar-refractivity contribution >= 4 is 0 Å². The van der Waals surface area contributed by atoms with E-state index in [0.29, 0.717) is 39.5 Å². The zero-order valence-corrected chi connectivity index (χ0v) is 8.95. The van der Waals surface area contributed by atoms with E-state index in [1.807, 2.05) is 4.90 Å². The van der Waals surface area contributed by atoms with Gasteiger partial charge < -0.3 is 19.9 Å². The first kappa shape index (κ1) is 11.3. The van der Waals surface area contributed by atoms with Crippen molar-refractivity contribution in [2.75, 3.05) is 46.0 Å². The largest absolute Gasteiger partial charge is 0.379 e. The summed E-state index contributed by atoms with van der Waals surface area (Å²) in [5.41, 5.74) is -1.14. The fourth-order valence-corrected chi connectivity index (χ4v) is 2.02. The molecule has 5 heteroatoms. The monoisotopic (exact) mass is 215 g/mol. The predicted octanol–water partition coefficient (Wildman–Crippen LogP) is -1.17. The number of aliphatic hydroxyl groups is 1. The van der Waals surface area contributed by atoms with Crippen LogP contribution in [0.4, 0.5) is 0 Å². The highest BCUT2D eigenvalue weighted by molar-refractivity contribution is 4.93. The second kappa shape index (κ2) is 4.76. The van der Waals surface area contributed by atoms with Gasteiger partial charge in [-0.1, -0.05) is 0 Å². The van der Waals surface area contributed by atoms with Crippen LogP contribution in [0.2, 0.25) is 0 Å². The number of rotatable bonds is 2. The van der Waals surface area contributed by atoms with Crippen molar-refractivity contribution < 1.29 is 14.6 Å². The topological polar surface area (TPSA) is 54.0 Å². The van der Waals surface area contributed by atoms with Crippen LogP contribution in [0.5, 0.6) is 0 Å². The maximum absolute atomic E-state index is 10.4. The summed E-state index contributed by atoms with van der Waals surface area (Å²) < 4.78 is 10.8. The Morgan fingerprint density at radius 1 is 1.33 bits per heavy atom. The third-order valence-corrected chi connectivity index (χ3v) is 3.00. The number of hydrogen-bond acceptors (Lipinski definition) is 5. The molecule has 1 radical (unpaired) electrons.